The number of benzene rings is 2. The summed E-state index contributed by atoms with van der Waals surface area (Å²) in [5.41, 5.74) is 4.53. The molecule has 160 valence electrons. The van der Waals surface area contributed by atoms with Crippen molar-refractivity contribution in [1.82, 2.24) is 4.90 Å². The number of hydrogen-bond acceptors (Lipinski definition) is 4. The standard InChI is InChI=1S/C24H22BrNO4S/c1-3-26(22(23(27)28)21-12-20(25)14(2)31-21)24(29)30-13-19-17-10-6-4-8-15(17)16-9-5-7-11-18(16)19/h4-12,19,22H,3,13H2,1-2H3,(H,27,28). The number of halogens is 1. The molecule has 2 aromatic carbocycles. The summed E-state index contributed by atoms with van der Waals surface area (Å²) in [5, 5.41) is 9.86. The first-order valence-electron chi connectivity index (χ1n) is 10.0. The van der Waals surface area contributed by atoms with E-state index in [1.54, 1.807) is 13.0 Å². The molecule has 1 aliphatic carbocycles. The number of thiophene rings is 1. The van der Waals surface area contributed by atoms with Crippen LogP contribution in [-0.4, -0.2) is 35.2 Å². The fraction of sp³-hybridized carbons (Fsp3) is 0.250. The lowest BCUT2D eigenvalue weighted by Gasteiger charge is -2.27. The molecule has 7 heteroatoms. The van der Waals surface area contributed by atoms with Crippen LogP contribution in [0.3, 0.4) is 0 Å². The van der Waals surface area contributed by atoms with Crippen LogP contribution in [0.4, 0.5) is 4.79 Å². The number of rotatable bonds is 6. The highest BCUT2D eigenvalue weighted by Crippen LogP contribution is 2.44. The Balaban J connectivity index is 1.56. The molecule has 3 aromatic rings. The molecule has 0 saturated carbocycles. The second kappa shape index (κ2) is 8.85. The predicted molar refractivity (Wildman–Crippen MR) is 125 cm³/mol. The van der Waals surface area contributed by atoms with Crippen molar-refractivity contribution in [2.75, 3.05) is 13.2 Å². The van der Waals surface area contributed by atoms with Gasteiger partial charge in [0.15, 0.2) is 6.04 Å². The number of fused-ring (bicyclic) bond motifs is 3. The number of ether oxygens (including phenoxy) is 1. The lowest BCUT2D eigenvalue weighted by Crippen LogP contribution is -2.39. The number of carbonyl (C=O) groups is 2. The number of amides is 1. The van der Waals surface area contributed by atoms with E-state index in [0.717, 1.165) is 31.6 Å². The van der Waals surface area contributed by atoms with E-state index in [1.165, 1.54) is 16.2 Å². The maximum atomic E-state index is 13.0. The number of aliphatic carboxylic acids is 1. The van der Waals surface area contributed by atoms with Crippen LogP contribution in [0.15, 0.2) is 59.1 Å². The van der Waals surface area contributed by atoms with Gasteiger partial charge in [0.2, 0.25) is 0 Å². The molecule has 1 atom stereocenters. The van der Waals surface area contributed by atoms with Gasteiger partial charge >= 0.3 is 12.1 Å². The summed E-state index contributed by atoms with van der Waals surface area (Å²) in [7, 11) is 0. The highest BCUT2D eigenvalue weighted by molar-refractivity contribution is 9.10. The van der Waals surface area contributed by atoms with Gasteiger partial charge in [-0.1, -0.05) is 48.5 Å². The van der Waals surface area contributed by atoms with E-state index in [0.29, 0.717) is 4.88 Å². The fourth-order valence-electron chi connectivity index (χ4n) is 4.12. The Labute approximate surface area is 193 Å². The number of carbonyl (C=O) groups excluding carboxylic acids is 1. The summed E-state index contributed by atoms with van der Waals surface area (Å²) in [6, 6.07) is 16.9. The molecule has 1 aromatic heterocycles. The van der Waals surface area contributed by atoms with Crippen molar-refractivity contribution in [3.8, 4) is 11.1 Å². The molecule has 5 nitrogen and oxygen atoms in total. The molecule has 31 heavy (non-hydrogen) atoms. The third kappa shape index (κ3) is 4.00. The lowest BCUT2D eigenvalue weighted by molar-refractivity contribution is -0.142. The van der Waals surface area contributed by atoms with E-state index < -0.39 is 18.1 Å². The predicted octanol–water partition coefficient (Wildman–Crippen LogP) is 6.22. The van der Waals surface area contributed by atoms with Crippen molar-refractivity contribution in [2.24, 2.45) is 0 Å². The van der Waals surface area contributed by atoms with Crippen molar-refractivity contribution in [2.45, 2.75) is 25.8 Å². The lowest BCUT2D eigenvalue weighted by atomic mass is 9.98. The first-order valence-corrected chi connectivity index (χ1v) is 11.6. The Morgan fingerprint density at radius 1 is 1.13 bits per heavy atom. The second-order valence-corrected chi connectivity index (χ2v) is 9.53. The minimum absolute atomic E-state index is 0.0727. The fourth-order valence-corrected chi connectivity index (χ4v) is 5.79. The third-order valence-corrected chi connectivity index (χ3v) is 7.79. The third-order valence-electron chi connectivity index (χ3n) is 5.60. The van der Waals surface area contributed by atoms with Crippen LogP contribution >= 0.6 is 27.3 Å². The molecule has 1 heterocycles. The zero-order valence-electron chi connectivity index (χ0n) is 17.2. The largest absolute Gasteiger partial charge is 0.479 e. The number of carboxylic acids is 1. The van der Waals surface area contributed by atoms with Crippen LogP contribution < -0.4 is 0 Å². The van der Waals surface area contributed by atoms with Crippen LogP contribution in [0.2, 0.25) is 0 Å². The molecule has 1 amide bonds. The normalized spacial score (nSPS) is 13.4. The first-order chi connectivity index (χ1) is 14.9. The molecule has 4 rings (SSSR count). The van der Waals surface area contributed by atoms with Crippen molar-refractivity contribution < 1.29 is 19.4 Å². The Hall–Kier alpha value is -2.64. The zero-order chi connectivity index (χ0) is 22.1. The molecule has 0 radical (unpaired) electrons. The molecule has 1 unspecified atom stereocenters. The quantitative estimate of drug-likeness (QED) is 0.437. The number of likely N-dealkylation sites (N-methyl/N-ethyl adjacent to an activating group) is 1. The van der Waals surface area contributed by atoms with E-state index in [9.17, 15) is 14.7 Å². The Kier molecular flexibility index (Phi) is 6.16. The molecule has 0 aliphatic heterocycles. The minimum Gasteiger partial charge on any atom is -0.479 e. The SMILES string of the molecule is CCN(C(=O)OCC1c2ccccc2-c2ccccc21)C(C(=O)O)c1cc(Br)c(C)s1. The van der Waals surface area contributed by atoms with E-state index in [4.69, 9.17) is 4.74 Å². The Bertz CT molecular complexity index is 1080. The van der Waals surface area contributed by atoms with Gasteiger partial charge in [0.05, 0.1) is 0 Å². The van der Waals surface area contributed by atoms with E-state index >= 15 is 0 Å². The monoisotopic (exact) mass is 499 g/mol. The molecule has 1 N–H and O–H groups in total. The van der Waals surface area contributed by atoms with Gasteiger partial charge in [0.25, 0.3) is 0 Å². The maximum Gasteiger partial charge on any atom is 0.410 e. The van der Waals surface area contributed by atoms with Gasteiger partial charge in [-0.25, -0.2) is 9.59 Å². The second-order valence-electron chi connectivity index (χ2n) is 7.38. The van der Waals surface area contributed by atoms with E-state index in [-0.39, 0.29) is 19.1 Å². The number of carboxylic acid groups (broad SMARTS) is 1. The number of hydrogen-bond donors (Lipinski definition) is 1. The van der Waals surface area contributed by atoms with Gasteiger partial charge < -0.3 is 9.84 Å². The van der Waals surface area contributed by atoms with Gasteiger partial charge in [-0.05, 0) is 58.1 Å². The van der Waals surface area contributed by atoms with Gasteiger partial charge in [0, 0.05) is 26.7 Å². The van der Waals surface area contributed by atoms with E-state index in [2.05, 4.69) is 40.2 Å². The van der Waals surface area contributed by atoms with Crippen molar-refractivity contribution in [1.29, 1.82) is 0 Å². The highest BCUT2D eigenvalue weighted by atomic mass is 79.9. The summed E-state index contributed by atoms with van der Waals surface area (Å²) in [4.78, 5) is 27.9. The van der Waals surface area contributed by atoms with Crippen LogP contribution in [-0.2, 0) is 9.53 Å². The molecule has 1 aliphatic rings. The van der Waals surface area contributed by atoms with Crippen LogP contribution in [0.1, 0.15) is 39.8 Å². The van der Waals surface area contributed by atoms with Crippen molar-refractivity contribution >= 4 is 39.3 Å². The van der Waals surface area contributed by atoms with Gasteiger partial charge in [-0.2, -0.15) is 0 Å². The summed E-state index contributed by atoms with van der Waals surface area (Å²) in [6.45, 7) is 4.04. The number of nitrogens with zero attached hydrogens (tertiary/aromatic N) is 1. The average Bonchev–Trinajstić information content (AvgIpc) is 3.26. The highest BCUT2D eigenvalue weighted by Gasteiger charge is 2.35. The number of aryl methyl sites for hydroxylation is 1. The summed E-state index contributed by atoms with van der Waals surface area (Å²) in [5.74, 6) is -1.15. The maximum absolute atomic E-state index is 13.0. The average molecular weight is 500 g/mol. The van der Waals surface area contributed by atoms with Crippen molar-refractivity contribution in [3.05, 3.63) is 80.0 Å². The van der Waals surface area contributed by atoms with E-state index in [1.807, 2.05) is 31.2 Å². The van der Waals surface area contributed by atoms with Gasteiger partial charge in [0.1, 0.15) is 6.61 Å². The van der Waals surface area contributed by atoms with Crippen LogP contribution in [0.25, 0.3) is 11.1 Å². The molecule has 0 saturated heterocycles. The topological polar surface area (TPSA) is 66.8 Å². The minimum atomic E-state index is -1.09. The zero-order valence-corrected chi connectivity index (χ0v) is 19.6. The molecule has 0 fully saturated rings. The molecular weight excluding hydrogens is 478 g/mol. The summed E-state index contributed by atoms with van der Waals surface area (Å²) >= 11 is 4.79. The van der Waals surface area contributed by atoms with Crippen molar-refractivity contribution in [3.63, 3.8) is 0 Å². The molecular formula is C24H22BrNO4S. The first kappa shape index (κ1) is 21.6. The Morgan fingerprint density at radius 3 is 2.19 bits per heavy atom. The van der Waals surface area contributed by atoms with Gasteiger partial charge in [-0.15, -0.1) is 11.3 Å². The van der Waals surface area contributed by atoms with Crippen LogP contribution in [0, 0.1) is 6.92 Å². The van der Waals surface area contributed by atoms with Crippen LogP contribution in [0.5, 0.6) is 0 Å². The summed E-state index contributed by atoms with van der Waals surface area (Å²) < 4.78 is 6.53. The molecule has 0 spiro atoms. The summed E-state index contributed by atoms with van der Waals surface area (Å²) in [6.07, 6.45) is -0.626. The smallest absolute Gasteiger partial charge is 0.410 e. The van der Waals surface area contributed by atoms with Gasteiger partial charge in [-0.3, -0.25) is 4.90 Å². The Morgan fingerprint density at radius 2 is 1.71 bits per heavy atom. The molecule has 0 bridgehead atoms.